The molecule has 0 aliphatic heterocycles. The van der Waals surface area contributed by atoms with Gasteiger partial charge < -0.3 is 9.73 Å². The van der Waals surface area contributed by atoms with Crippen molar-refractivity contribution < 1.29 is 9.21 Å². The van der Waals surface area contributed by atoms with Crippen LogP contribution in [0.25, 0.3) is 0 Å². The second-order valence-corrected chi connectivity index (χ2v) is 4.35. The summed E-state index contributed by atoms with van der Waals surface area (Å²) in [5, 5.41) is 3.12. The predicted molar refractivity (Wildman–Crippen MR) is 68.6 cm³/mol. The number of benzene rings is 1. The monoisotopic (exact) mass is 267 g/mol. The molecule has 0 atom stereocenters. The SMILES string of the molecule is O=C(NCc1ccco1)c1cc(S)ccc1Cl. The summed E-state index contributed by atoms with van der Waals surface area (Å²) in [7, 11) is 0. The maximum Gasteiger partial charge on any atom is 0.253 e. The highest BCUT2D eigenvalue weighted by atomic mass is 35.5. The number of carbonyl (C=O) groups is 1. The fourth-order valence-corrected chi connectivity index (χ4v) is 1.77. The highest BCUT2D eigenvalue weighted by Crippen LogP contribution is 2.19. The minimum absolute atomic E-state index is 0.248. The van der Waals surface area contributed by atoms with Gasteiger partial charge in [-0.2, -0.15) is 0 Å². The molecule has 1 N–H and O–H groups in total. The van der Waals surface area contributed by atoms with Crippen LogP contribution in [0.15, 0.2) is 45.9 Å². The fraction of sp³-hybridized carbons (Fsp3) is 0.0833. The van der Waals surface area contributed by atoms with Crippen LogP contribution in [-0.2, 0) is 6.54 Å². The van der Waals surface area contributed by atoms with Gasteiger partial charge in [-0.15, -0.1) is 12.6 Å². The standard InChI is InChI=1S/C12H10ClNO2S/c13-11-4-3-9(17)6-10(11)12(15)14-7-8-2-1-5-16-8/h1-6,17H,7H2,(H,14,15). The van der Waals surface area contributed by atoms with E-state index in [1.54, 1.807) is 36.6 Å². The Morgan fingerprint density at radius 2 is 2.24 bits per heavy atom. The van der Waals surface area contributed by atoms with Crippen LogP contribution in [0.1, 0.15) is 16.1 Å². The maximum absolute atomic E-state index is 11.8. The highest BCUT2D eigenvalue weighted by Gasteiger charge is 2.10. The van der Waals surface area contributed by atoms with Crippen molar-refractivity contribution in [2.45, 2.75) is 11.4 Å². The second-order valence-electron chi connectivity index (χ2n) is 3.43. The van der Waals surface area contributed by atoms with E-state index in [2.05, 4.69) is 17.9 Å². The molecule has 0 saturated heterocycles. The lowest BCUT2D eigenvalue weighted by Gasteiger charge is -2.05. The van der Waals surface area contributed by atoms with E-state index in [-0.39, 0.29) is 5.91 Å². The van der Waals surface area contributed by atoms with Gasteiger partial charge in [0.1, 0.15) is 5.76 Å². The summed E-state index contributed by atoms with van der Waals surface area (Å²) < 4.78 is 5.11. The summed E-state index contributed by atoms with van der Waals surface area (Å²) in [6.07, 6.45) is 1.56. The number of thiol groups is 1. The summed E-state index contributed by atoms with van der Waals surface area (Å²) in [4.78, 5) is 12.5. The van der Waals surface area contributed by atoms with Crippen molar-refractivity contribution >= 4 is 30.1 Å². The Hall–Kier alpha value is -1.39. The molecule has 0 spiro atoms. The van der Waals surface area contributed by atoms with Crippen molar-refractivity contribution in [1.82, 2.24) is 5.32 Å². The lowest BCUT2D eigenvalue weighted by Crippen LogP contribution is -2.22. The van der Waals surface area contributed by atoms with Gasteiger partial charge in [0.25, 0.3) is 5.91 Å². The van der Waals surface area contributed by atoms with Crippen LogP contribution in [0.4, 0.5) is 0 Å². The van der Waals surface area contributed by atoms with Crippen LogP contribution in [0.5, 0.6) is 0 Å². The van der Waals surface area contributed by atoms with Gasteiger partial charge in [-0.1, -0.05) is 11.6 Å². The molecule has 0 aliphatic carbocycles. The molecule has 1 aromatic carbocycles. The second kappa shape index (κ2) is 5.29. The molecular formula is C12H10ClNO2S. The van der Waals surface area contributed by atoms with Gasteiger partial charge >= 0.3 is 0 Å². The fourth-order valence-electron chi connectivity index (χ4n) is 1.36. The third kappa shape index (κ3) is 3.05. The van der Waals surface area contributed by atoms with E-state index in [1.165, 1.54) is 0 Å². The maximum atomic E-state index is 11.8. The Bertz CT molecular complexity index is 525. The van der Waals surface area contributed by atoms with Crippen LogP contribution in [0.3, 0.4) is 0 Å². The summed E-state index contributed by atoms with van der Waals surface area (Å²) in [5.41, 5.74) is 0.408. The molecule has 0 radical (unpaired) electrons. The Morgan fingerprint density at radius 1 is 1.41 bits per heavy atom. The molecule has 1 aromatic heterocycles. The van der Waals surface area contributed by atoms with E-state index < -0.39 is 0 Å². The van der Waals surface area contributed by atoms with Crippen LogP contribution in [-0.4, -0.2) is 5.91 Å². The van der Waals surface area contributed by atoms with Gasteiger partial charge in [0.15, 0.2) is 0 Å². The molecule has 88 valence electrons. The highest BCUT2D eigenvalue weighted by molar-refractivity contribution is 7.80. The Kier molecular flexibility index (Phi) is 3.76. The molecular weight excluding hydrogens is 258 g/mol. The quantitative estimate of drug-likeness (QED) is 0.839. The first-order valence-electron chi connectivity index (χ1n) is 4.96. The van der Waals surface area contributed by atoms with Crippen molar-refractivity contribution in [1.29, 1.82) is 0 Å². The molecule has 2 aromatic rings. The van der Waals surface area contributed by atoms with E-state index in [9.17, 15) is 4.79 Å². The third-order valence-corrected chi connectivity index (χ3v) is 2.81. The largest absolute Gasteiger partial charge is 0.467 e. The first kappa shape index (κ1) is 12.1. The zero-order chi connectivity index (χ0) is 12.3. The average molecular weight is 268 g/mol. The number of hydrogen-bond donors (Lipinski definition) is 2. The van der Waals surface area contributed by atoms with Crippen LogP contribution in [0.2, 0.25) is 5.02 Å². The molecule has 17 heavy (non-hydrogen) atoms. The molecule has 3 nitrogen and oxygen atoms in total. The van der Waals surface area contributed by atoms with E-state index in [1.807, 2.05) is 0 Å². The average Bonchev–Trinajstić information content (AvgIpc) is 2.82. The molecule has 1 heterocycles. The number of hydrogen-bond acceptors (Lipinski definition) is 3. The van der Waals surface area contributed by atoms with Crippen molar-refractivity contribution in [3.8, 4) is 0 Å². The number of rotatable bonds is 3. The van der Waals surface area contributed by atoms with E-state index >= 15 is 0 Å². The summed E-state index contributed by atoms with van der Waals surface area (Å²) in [6, 6.07) is 8.56. The summed E-state index contributed by atoms with van der Waals surface area (Å²) >= 11 is 10.1. The van der Waals surface area contributed by atoms with Gasteiger partial charge in [0.05, 0.1) is 23.4 Å². The molecule has 0 aliphatic rings. The van der Waals surface area contributed by atoms with Gasteiger partial charge in [0, 0.05) is 4.90 Å². The lowest BCUT2D eigenvalue weighted by atomic mass is 10.2. The first-order valence-corrected chi connectivity index (χ1v) is 5.78. The van der Waals surface area contributed by atoms with E-state index in [4.69, 9.17) is 16.0 Å². The number of nitrogens with one attached hydrogen (secondary N) is 1. The van der Waals surface area contributed by atoms with Crippen LogP contribution < -0.4 is 5.32 Å². The summed E-state index contributed by atoms with van der Waals surface area (Å²) in [5.74, 6) is 0.443. The third-order valence-electron chi connectivity index (χ3n) is 2.20. The van der Waals surface area contributed by atoms with Crippen LogP contribution in [0, 0.1) is 0 Å². The van der Waals surface area contributed by atoms with Gasteiger partial charge in [-0.25, -0.2) is 0 Å². The first-order chi connectivity index (χ1) is 8.16. The molecule has 0 unspecified atom stereocenters. The zero-order valence-electron chi connectivity index (χ0n) is 8.81. The minimum atomic E-state index is -0.248. The normalized spacial score (nSPS) is 10.2. The topological polar surface area (TPSA) is 42.2 Å². The molecule has 0 saturated carbocycles. The van der Waals surface area contributed by atoms with Crippen molar-refractivity contribution in [3.63, 3.8) is 0 Å². The Morgan fingerprint density at radius 3 is 2.94 bits per heavy atom. The van der Waals surface area contributed by atoms with Crippen molar-refractivity contribution in [2.75, 3.05) is 0 Å². The van der Waals surface area contributed by atoms with Gasteiger partial charge in [-0.05, 0) is 30.3 Å². The smallest absolute Gasteiger partial charge is 0.253 e. The molecule has 1 amide bonds. The van der Waals surface area contributed by atoms with Crippen molar-refractivity contribution in [2.24, 2.45) is 0 Å². The predicted octanol–water partition coefficient (Wildman–Crippen LogP) is 3.15. The molecule has 0 bridgehead atoms. The van der Waals surface area contributed by atoms with Crippen molar-refractivity contribution in [3.05, 3.63) is 52.9 Å². The lowest BCUT2D eigenvalue weighted by molar-refractivity contribution is 0.0948. The Labute approximate surface area is 109 Å². The molecule has 2 rings (SSSR count). The van der Waals surface area contributed by atoms with Gasteiger partial charge in [-0.3, -0.25) is 4.79 Å². The van der Waals surface area contributed by atoms with E-state index in [0.717, 1.165) is 0 Å². The zero-order valence-corrected chi connectivity index (χ0v) is 10.5. The van der Waals surface area contributed by atoms with Gasteiger partial charge in [0.2, 0.25) is 0 Å². The van der Waals surface area contributed by atoms with Crippen LogP contribution >= 0.6 is 24.2 Å². The summed E-state index contributed by atoms with van der Waals surface area (Å²) in [6.45, 7) is 0.332. The number of halogens is 1. The number of carbonyl (C=O) groups excluding carboxylic acids is 1. The molecule has 0 fully saturated rings. The number of furan rings is 1. The number of amides is 1. The van der Waals surface area contributed by atoms with E-state index in [0.29, 0.717) is 27.8 Å². The Balaban J connectivity index is 2.07. The minimum Gasteiger partial charge on any atom is -0.467 e. The molecule has 5 heteroatoms.